The van der Waals surface area contributed by atoms with Crippen molar-refractivity contribution in [2.75, 3.05) is 145 Å². The van der Waals surface area contributed by atoms with Crippen molar-refractivity contribution in [1.29, 1.82) is 0 Å². The van der Waals surface area contributed by atoms with Gasteiger partial charge in [-0.25, -0.2) is 0 Å². The molecule has 0 spiro atoms. The highest BCUT2D eigenvalue weighted by atomic mass is 16.6. The van der Waals surface area contributed by atoms with Gasteiger partial charge in [0.15, 0.2) is 0 Å². The number of nitrogens with two attached hydrogens (primary N) is 1. The number of Topliss-reactive ketones (excluding diaryl/α,β-unsaturated/α-hetero) is 2. The lowest BCUT2D eigenvalue weighted by atomic mass is 10.1. The van der Waals surface area contributed by atoms with E-state index in [1.165, 1.54) is 0 Å². The normalized spacial score (nSPS) is 11.8. The fourth-order valence-corrected chi connectivity index (χ4v) is 3.55. The molecule has 0 fully saturated rings. The molecule has 0 aromatic rings. The summed E-state index contributed by atoms with van der Waals surface area (Å²) in [4.78, 5) is 25.4. The molecule has 0 aliphatic heterocycles. The molecule has 0 unspecified atom stereocenters. The van der Waals surface area contributed by atoms with Crippen LogP contribution in [0.15, 0.2) is 0 Å². The average molecular weight is 653 g/mol. The van der Waals surface area contributed by atoms with Crippen molar-refractivity contribution in [3.8, 4) is 0 Å². The molecule has 0 heterocycles. The maximum atomic E-state index is 11.6. The first-order chi connectivity index (χ1) is 21.9. The SMILES string of the molecule is CC(C)C(=O)CCOCCOCCOCCN(CCOCCOCCOCCN)CCOCCOCCOCCC(=O)C(C)C. The average Bonchev–Trinajstić information content (AvgIpc) is 3.02. The van der Waals surface area contributed by atoms with Gasteiger partial charge in [0.25, 0.3) is 0 Å². The Hall–Kier alpha value is -1.10. The summed E-state index contributed by atoms with van der Waals surface area (Å²) in [7, 11) is 0. The zero-order chi connectivity index (χ0) is 33.2. The van der Waals surface area contributed by atoms with Crippen molar-refractivity contribution in [2.24, 2.45) is 17.6 Å². The fourth-order valence-electron chi connectivity index (χ4n) is 3.55. The second-order valence-electron chi connectivity index (χ2n) is 10.9. The summed E-state index contributed by atoms with van der Waals surface area (Å²) < 4.78 is 50.0. The molecule has 0 amide bonds. The van der Waals surface area contributed by atoms with Crippen LogP contribution in [0.2, 0.25) is 0 Å². The van der Waals surface area contributed by atoms with Crippen LogP contribution >= 0.6 is 0 Å². The minimum atomic E-state index is 0.0472. The van der Waals surface area contributed by atoms with Crippen LogP contribution in [0.3, 0.4) is 0 Å². The Labute approximate surface area is 271 Å². The lowest BCUT2D eigenvalue weighted by Gasteiger charge is -2.22. The molecule has 13 heteroatoms. The van der Waals surface area contributed by atoms with E-state index < -0.39 is 0 Å². The first kappa shape index (κ1) is 43.9. The summed E-state index contributed by atoms with van der Waals surface area (Å²) >= 11 is 0. The molecule has 0 bridgehead atoms. The van der Waals surface area contributed by atoms with Crippen LogP contribution in [-0.2, 0) is 52.2 Å². The molecule has 0 aromatic carbocycles. The molecule has 0 rings (SSSR count). The van der Waals surface area contributed by atoms with Gasteiger partial charge in [-0.1, -0.05) is 27.7 Å². The van der Waals surface area contributed by atoms with Crippen molar-refractivity contribution in [3.63, 3.8) is 0 Å². The molecule has 13 nitrogen and oxygen atoms in total. The number of carbonyl (C=O) groups is 2. The molecular formula is C32H64N2O11. The number of rotatable bonds is 37. The standard InChI is InChI=1S/C32H64N2O11/c1-29(2)31(35)5-11-37-17-23-43-26-20-40-14-8-34(10-16-42-22-28-45-25-19-39-13-7-33)9-15-41-21-27-44-24-18-38-12-6-32(36)30(3)4/h29-30H,5-28,33H2,1-4H3. The third-order valence-electron chi connectivity index (χ3n) is 6.42. The number of hydrogen-bond acceptors (Lipinski definition) is 13. The van der Waals surface area contributed by atoms with Crippen LogP contribution in [-0.4, -0.2) is 162 Å². The topological polar surface area (TPSA) is 146 Å². The second-order valence-corrected chi connectivity index (χ2v) is 10.9. The lowest BCUT2D eigenvalue weighted by Crippen LogP contribution is -2.34. The van der Waals surface area contributed by atoms with Gasteiger partial charge in [-0.2, -0.15) is 0 Å². The van der Waals surface area contributed by atoms with Gasteiger partial charge in [0.1, 0.15) is 11.6 Å². The highest BCUT2D eigenvalue weighted by Crippen LogP contribution is 2.00. The smallest absolute Gasteiger partial charge is 0.137 e. The predicted octanol–water partition coefficient (Wildman–Crippen LogP) is 1.63. The Morgan fingerprint density at radius 2 is 0.667 bits per heavy atom. The molecule has 2 N–H and O–H groups in total. The van der Waals surface area contributed by atoms with Gasteiger partial charge < -0.3 is 48.4 Å². The Balaban J connectivity index is 3.98. The lowest BCUT2D eigenvalue weighted by molar-refractivity contribution is -0.123. The van der Waals surface area contributed by atoms with E-state index in [1.807, 2.05) is 27.7 Å². The second kappa shape index (κ2) is 34.2. The van der Waals surface area contributed by atoms with Crippen molar-refractivity contribution in [2.45, 2.75) is 40.5 Å². The monoisotopic (exact) mass is 652 g/mol. The summed E-state index contributed by atoms with van der Waals surface area (Å²) in [6.07, 6.45) is 0.887. The van der Waals surface area contributed by atoms with E-state index in [2.05, 4.69) is 4.90 Å². The van der Waals surface area contributed by atoms with Crippen molar-refractivity contribution >= 4 is 11.6 Å². The number of carbonyl (C=O) groups excluding carboxylic acids is 2. The van der Waals surface area contributed by atoms with Gasteiger partial charge >= 0.3 is 0 Å². The highest BCUT2D eigenvalue weighted by Gasteiger charge is 2.08. The van der Waals surface area contributed by atoms with E-state index in [1.54, 1.807) is 0 Å². The molecule has 45 heavy (non-hydrogen) atoms. The highest BCUT2D eigenvalue weighted by molar-refractivity contribution is 5.80. The first-order valence-electron chi connectivity index (χ1n) is 16.6. The van der Waals surface area contributed by atoms with E-state index in [9.17, 15) is 9.59 Å². The van der Waals surface area contributed by atoms with E-state index in [-0.39, 0.29) is 23.4 Å². The summed E-state index contributed by atoms with van der Waals surface area (Å²) in [5.41, 5.74) is 5.39. The minimum Gasteiger partial charge on any atom is -0.379 e. The number of ether oxygens (including phenoxy) is 9. The Morgan fingerprint density at radius 1 is 0.422 bits per heavy atom. The van der Waals surface area contributed by atoms with Gasteiger partial charge in [0.05, 0.1) is 119 Å². The first-order valence-corrected chi connectivity index (χ1v) is 16.6. The minimum absolute atomic E-state index is 0.0472. The Bertz CT molecular complexity index is 615. The van der Waals surface area contributed by atoms with Gasteiger partial charge in [0, 0.05) is 50.9 Å². The largest absolute Gasteiger partial charge is 0.379 e. The van der Waals surface area contributed by atoms with E-state index >= 15 is 0 Å². The maximum absolute atomic E-state index is 11.6. The molecule has 0 aliphatic carbocycles. The van der Waals surface area contributed by atoms with Crippen LogP contribution in [0.25, 0.3) is 0 Å². The molecule has 0 aliphatic rings. The number of hydrogen-bond donors (Lipinski definition) is 1. The third kappa shape index (κ3) is 32.6. The summed E-state index contributed by atoms with van der Waals surface area (Å²) in [6.45, 7) is 19.3. The van der Waals surface area contributed by atoms with Crippen LogP contribution in [0, 0.1) is 11.8 Å². The molecular weight excluding hydrogens is 588 g/mol. The van der Waals surface area contributed by atoms with Crippen molar-refractivity contribution in [3.05, 3.63) is 0 Å². The Kier molecular flexibility index (Phi) is 33.4. The van der Waals surface area contributed by atoms with Crippen LogP contribution in [0.1, 0.15) is 40.5 Å². The zero-order valence-electron chi connectivity index (χ0n) is 28.6. The van der Waals surface area contributed by atoms with Crippen molar-refractivity contribution in [1.82, 2.24) is 4.90 Å². The van der Waals surface area contributed by atoms with Crippen LogP contribution in [0.5, 0.6) is 0 Å². The van der Waals surface area contributed by atoms with Gasteiger partial charge in [0.2, 0.25) is 0 Å². The van der Waals surface area contributed by atoms with Crippen LogP contribution < -0.4 is 5.73 Å². The van der Waals surface area contributed by atoms with Gasteiger partial charge in [-0.15, -0.1) is 0 Å². The van der Waals surface area contributed by atoms with Crippen molar-refractivity contribution < 1.29 is 52.2 Å². The Morgan fingerprint density at radius 3 is 0.933 bits per heavy atom. The zero-order valence-corrected chi connectivity index (χ0v) is 28.6. The van der Waals surface area contributed by atoms with Gasteiger partial charge in [-0.3, -0.25) is 14.5 Å². The molecule has 0 radical (unpaired) electrons. The van der Waals surface area contributed by atoms with E-state index in [0.717, 1.165) is 19.6 Å². The summed E-state index contributed by atoms with van der Waals surface area (Å²) in [5, 5.41) is 0. The fraction of sp³-hybridized carbons (Fsp3) is 0.938. The van der Waals surface area contributed by atoms with Crippen LogP contribution in [0.4, 0.5) is 0 Å². The van der Waals surface area contributed by atoms with Gasteiger partial charge in [-0.05, 0) is 0 Å². The number of nitrogens with zero attached hydrogens (tertiary/aromatic N) is 1. The van der Waals surface area contributed by atoms with E-state index in [0.29, 0.717) is 138 Å². The summed E-state index contributed by atoms with van der Waals surface area (Å²) in [6, 6.07) is 0. The molecule has 0 saturated heterocycles. The molecule has 0 saturated carbocycles. The van der Waals surface area contributed by atoms with E-state index in [4.69, 9.17) is 48.4 Å². The quantitative estimate of drug-likeness (QED) is 0.0971. The third-order valence-corrected chi connectivity index (χ3v) is 6.42. The number of ketones is 2. The summed E-state index contributed by atoms with van der Waals surface area (Å²) in [5.74, 6) is 0.520. The molecule has 0 atom stereocenters. The molecule has 268 valence electrons. The molecule has 0 aromatic heterocycles. The predicted molar refractivity (Wildman–Crippen MR) is 172 cm³/mol. The maximum Gasteiger partial charge on any atom is 0.137 e.